The summed E-state index contributed by atoms with van der Waals surface area (Å²) in [5, 5.41) is 9.18. The highest BCUT2D eigenvalue weighted by Gasteiger charge is 2.28. The van der Waals surface area contributed by atoms with Crippen molar-refractivity contribution in [3.63, 3.8) is 0 Å². The molecule has 0 spiro atoms. The molecule has 1 atom stereocenters. The van der Waals surface area contributed by atoms with E-state index in [0.29, 0.717) is 11.3 Å². The van der Waals surface area contributed by atoms with Crippen molar-refractivity contribution in [3.8, 4) is 0 Å². The van der Waals surface area contributed by atoms with Crippen molar-refractivity contribution in [1.82, 2.24) is 0 Å². The van der Waals surface area contributed by atoms with Gasteiger partial charge in [0.05, 0.1) is 6.10 Å². The highest BCUT2D eigenvalue weighted by molar-refractivity contribution is 4.94. The summed E-state index contributed by atoms with van der Waals surface area (Å²) in [5.74, 6) is 1.59. The van der Waals surface area contributed by atoms with E-state index in [1.807, 2.05) is 13.0 Å². The van der Waals surface area contributed by atoms with E-state index in [2.05, 4.69) is 26.8 Å². The first-order valence-electron chi connectivity index (χ1n) is 6.26. The van der Waals surface area contributed by atoms with Gasteiger partial charge in [0.15, 0.2) is 0 Å². The molecule has 0 aliphatic heterocycles. The molecule has 1 heteroatoms. The van der Waals surface area contributed by atoms with E-state index in [1.54, 1.807) is 0 Å². The maximum Gasteiger partial charge on any atom is 0.0692 e. The van der Waals surface area contributed by atoms with Gasteiger partial charge in [0, 0.05) is 0 Å². The van der Waals surface area contributed by atoms with E-state index in [9.17, 15) is 5.11 Å². The van der Waals surface area contributed by atoms with Gasteiger partial charge in [-0.2, -0.15) is 0 Å². The predicted molar refractivity (Wildman–Crippen MR) is 65.7 cm³/mol. The zero-order chi connectivity index (χ0) is 11.5. The second kappa shape index (κ2) is 5.16. The first-order chi connectivity index (χ1) is 6.89. The molecule has 1 saturated carbocycles. The molecule has 0 saturated heterocycles. The molecule has 0 aromatic rings. The number of allylic oxidation sites excluding steroid dienone is 1. The van der Waals surface area contributed by atoms with Crippen LogP contribution in [0, 0.1) is 17.3 Å². The number of hydrogen-bond donors (Lipinski definition) is 1. The van der Waals surface area contributed by atoms with Crippen molar-refractivity contribution >= 4 is 0 Å². The van der Waals surface area contributed by atoms with Gasteiger partial charge in [-0.25, -0.2) is 0 Å². The second-order valence-corrected chi connectivity index (χ2v) is 6.10. The third-order valence-electron chi connectivity index (χ3n) is 3.66. The molecule has 0 heterocycles. The first kappa shape index (κ1) is 12.8. The molecule has 0 aromatic carbocycles. The molecular formula is C14H26O. The van der Waals surface area contributed by atoms with Gasteiger partial charge < -0.3 is 5.11 Å². The Bertz CT molecular complexity index is 202. The Labute approximate surface area is 94.6 Å². The Kier molecular flexibility index (Phi) is 4.39. The summed E-state index contributed by atoms with van der Waals surface area (Å²) in [6.07, 6.45) is 9.14. The second-order valence-electron chi connectivity index (χ2n) is 6.10. The van der Waals surface area contributed by atoms with Crippen LogP contribution >= 0.6 is 0 Å². The van der Waals surface area contributed by atoms with Gasteiger partial charge in [-0.1, -0.05) is 32.9 Å². The lowest BCUT2D eigenvalue weighted by molar-refractivity contribution is 0.162. The summed E-state index contributed by atoms with van der Waals surface area (Å²) >= 11 is 0. The van der Waals surface area contributed by atoms with Gasteiger partial charge in [-0.15, -0.1) is 0 Å². The van der Waals surface area contributed by atoms with Crippen LogP contribution in [0.25, 0.3) is 0 Å². The van der Waals surface area contributed by atoms with E-state index >= 15 is 0 Å². The summed E-state index contributed by atoms with van der Waals surface area (Å²) in [6, 6.07) is 0. The van der Waals surface area contributed by atoms with E-state index in [1.165, 1.54) is 25.7 Å². The largest absolute Gasteiger partial charge is 0.389 e. The summed E-state index contributed by atoms with van der Waals surface area (Å²) in [6.45, 7) is 8.87. The molecule has 88 valence electrons. The zero-order valence-electron chi connectivity index (χ0n) is 10.7. The van der Waals surface area contributed by atoms with Crippen LogP contribution < -0.4 is 0 Å². The topological polar surface area (TPSA) is 20.2 Å². The number of rotatable bonds is 2. The van der Waals surface area contributed by atoms with Gasteiger partial charge in [0.2, 0.25) is 0 Å². The smallest absolute Gasteiger partial charge is 0.0692 e. The molecule has 0 amide bonds. The fourth-order valence-corrected chi connectivity index (χ4v) is 2.50. The van der Waals surface area contributed by atoms with Gasteiger partial charge in [0.25, 0.3) is 0 Å². The van der Waals surface area contributed by atoms with Crippen LogP contribution in [0.3, 0.4) is 0 Å². The molecular weight excluding hydrogens is 184 g/mol. The SMILES string of the molecule is CC(O)/C=C/C1CCC(C(C)(C)C)CC1. The highest BCUT2D eigenvalue weighted by atomic mass is 16.3. The summed E-state index contributed by atoms with van der Waals surface area (Å²) in [4.78, 5) is 0. The van der Waals surface area contributed by atoms with Crippen LogP contribution in [0.1, 0.15) is 53.4 Å². The normalized spacial score (nSPS) is 30.7. The monoisotopic (exact) mass is 210 g/mol. The minimum atomic E-state index is -0.287. The maximum absolute atomic E-state index is 9.18. The molecule has 1 rings (SSSR count). The van der Waals surface area contributed by atoms with E-state index in [-0.39, 0.29) is 6.10 Å². The zero-order valence-corrected chi connectivity index (χ0v) is 10.7. The van der Waals surface area contributed by atoms with Crippen molar-refractivity contribution in [2.45, 2.75) is 59.5 Å². The first-order valence-corrected chi connectivity index (χ1v) is 6.26. The average molecular weight is 210 g/mol. The number of aliphatic hydroxyl groups excluding tert-OH is 1. The Morgan fingerprint density at radius 2 is 1.67 bits per heavy atom. The fraction of sp³-hybridized carbons (Fsp3) is 0.857. The van der Waals surface area contributed by atoms with Crippen LogP contribution in [0.15, 0.2) is 12.2 Å². The molecule has 1 N–H and O–H groups in total. The van der Waals surface area contributed by atoms with Crippen molar-refractivity contribution in [1.29, 1.82) is 0 Å². The van der Waals surface area contributed by atoms with Crippen molar-refractivity contribution in [2.75, 3.05) is 0 Å². The Morgan fingerprint density at radius 3 is 2.07 bits per heavy atom. The molecule has 1 unspecified atom stereocenters. The van der Waals surface area contributed by atoms with Gasteiger partial charge >= 0.3 is 0 Å². The molecule has 0 radical (unpaired) electrons. The summed E-state index contributed by atoms with van der Waals surface area (Å²) in [7, 11) is 0. The molecule has 0 aromatic heterocycles. The fourth-order valence-electron chi connectivity index (χ4n) is 2.50. The lowest BCUT2D eigenvalue weighted by atomic mass is 9.70. The molecule has 1 nitrogen and oxygen atoms in total. The third kappa shape index (κ3) is 4.38. The van der Waals surface area contributed by atoms with E-state index in [4.69, 9.17) is 0 Å². The highest BCUT2D eigenvalue weighted by Crippen LogP contribution is 2.40. The lowest BCUT2D eigenvalue weighted by Gasteiger charge is -2.36. The quantitative estimate of drug-likeness (QED) is 0.688. The van der Waals surface area contributed by atoms with Gasteiger partial charge in [-0.05, 0) is 49.9 Å². The van der Waals surface area contributed by atoms with E-state index < -0.39 is 0 Å². The van der Waals surface area contributed by atoms with Crippen LogP contribution in [0.2, 0.25) is 0 Å². The van der Waals surface area contributed by atoms with Crippen LogP contribution in [-0.2, 0) is 0 Å². The van der Waals surface area contributed by atoms with Crippen LogP contribution in [-0.4, -0.2) is 11.2 Å². The molecule has 15 heavy (non-hydrogen) atoms. The Balaban J connectivity index is 2.36. The molecule has 1 fully saturated rings. The van der Waals surface area contributed by atoms with Crippen molar-refractivity contribution in [3.05, 3.63) is 12.2 Å². The number of hydrogen-bond acceptors (Lipinski definition) is 1. The van der Waals surface area contributed by atoms with Gasteiger partial charge in [-0.3, -0.25) is 0 Å². The summed E-state index contributed by atoms with van der Waals surface area (Å²) in [5.41, 5.74) is 0.471. The number of aliphatic hydroxyl groups is 1. The maximum atomic E-state index is 9.18. The average Bonchev–Trinajstić information content (AvgIpc) is 2.14. The van der Waals surface area contributed by atoms with Crippen molar-refractivity contribution < 1.29 is 5.11 Å². The Hall–Kier alpha value is -0.300. The Morgan fingerprint density at radius 1 is 1.13 bits per heavy atom. The predicted octanol–water partition coefficient (Wildman–Crippen LogP) is 3.78. The van der Waals surface area contributed by atoms with Crippen molar-refractivity contribution in [2.24, 2.45) is 17.3 Å². The molecule has 0 bridgehead atoms. The van der Waals surface area contributed by atoms with Crippen LogP contribution in [0.4, 0.5) is 0 Å². The lowest BCUT2D eigenvalue weighted by Crippen LogP contribution is -2.25. The molecule has 1 aliphatic rings. The minimum Gasteiger partial charge on any atom is -0.389 e. The van der Waals surface area contributed by atoms with Gasteiger partial charge in [0.1, 0.15) is 0 Å². The van der Waals surface area contributed by atoms with Crippen LogP contribution in [0.5, 0.6) is 0 Å². The standard InChI is InChI=1S/C14H26O/c1-11(15)5-6-12-7-9-13(10-8-12)14(2,3)4/h5-6,11-13,15H,7-10H2,1-4H3/b6-5+. The summed E-state index contributed by atoms with van der Waals surface area (Å²) < 4.78 is 0. The minimum absolute atomic E-state index is 0.287. The molecule has 1 aliphatic carbocycles. The third-order valence-corrected chi connectivity index (χ3v) is 3.66. The van der Waals surface area contributed by atoms with E-state index in [0.717, 1.165) is 5.92 Å².